The highest BCUT2D eigenvalue weighted by Gasteiger charge is 2.40. The van der Waals surface area contributed by atoms with Gasteiger partial charge in [0, 0.05) is 17.2 Å². The van der Waals surface area contributed by atoms with Crippen molar-refractivity contribution in [3.63, 3.8) is 0 Å². The Morgan fingerprint density at radius 1 is 1.07 bits per heavy atom. The molecule has 22 heteroatoms. The maximum absolute atomic E-state index is 12.6. The number of amides is 1. The number of aromatic carboxylic acids is 1. The third kappa shape index (κ3) is 17.5. The van der Waals surface area contributed by atoms with E-state index in [0.29, 0.717) is 35.1 Å². The Hall–Kier alpha value is -3.94. The van der Waals surface area contributed by atoms with Crippen molar-refractivity contribution in [1.29, 1.82) is 0 Å². The molecule has 0 aliphatic carbocycles. The zero-order chi connectivity index (χ0) is 41.6. The summed E-state index contributed by atoms with van der Waals surface area (Å²) in [6, 6.07) is 12.7. The molecule has 0 radical (unpaired) electrons. The van der Waals surface area contributed by atoms with E-state index < -0.39 is 65.7 Å². The van der Waals surface area contributed by atoms with Gasteiger partial charge >= 0.3 is 18.1 Å². The molecule has 4 N–H and O–H groups in total. The molecule has 1 amide bonds. The number of hydroxylamine groups is 2. The SMILES string of the molecule is CC1(C)CON(Cc2ccccc2Cl)C1=O.C[S+](C)C.O=C(O)CNCP(=O)([O-])O.O=C(O)c1cc(Oc2ccc(C(F)(F)F)cc2Cl)ccc1[N+](=O)[O-]. The van der Waals surface area contributed by atoms with E-state index in [1.54, 1.807) is 0 Å². The number of carboxylic acid groups (broad SMARTS) is 2. The van der Waals surface area contributed by atoms with Crippen molar-refractivity contribution in [2.75, 3.05) is 38.2 Å². The number of nitrogens with one attached hydrogen (secondary N) is 1. The number of hydrogen-bond donors (Lipinski definition) is 4. The van der Waals surface area contributed by atoms with Crippen LogP contribution in [0.4, 0.5) is 18.9 Å². The molecule has 0 aromatic heterocycles. The number of halogens is 5. The number of ether oxygens (including phenoxy) is 1. The molecule has 1 aliphatic heterocycles. The van der Waals surface area contributed by atoms with Crippen LogP contribution in [-0.4, -0.2) is 81.1 Å². The van der Waals surface area contributed by atoms with Crippen LogP contribution in [0.25, 0.3) is 0 Å². The van der Waals surface area contributed by atoms with Crippen molar-refractivity contribution < 1.29 is 66.6 Å². The summed E-state index contributed by atoms with van der Waals surface area (Å²) in [6.45, 7) is 4.11. The van der Waals surface area contributed by atoms with Crippen LogP contribution in [0.15, 0.2) is 60.7 Å². The second-order valence-corrected chi connectivity index (χ2v) is 16.8. The third-order valence-corrected chi connectivity index (χ3v) is 7.42. The summed E-state index contributed by atoms with van der Waals surface area (Å²) < 4.78 is 52.8. The summed E-state index contributed by atoms with van der Waals surface area (Å²) in [5.41, 5.74) is -1.78. The lowest BCUT2D eigenvalue weighted by molar-refractivity contribution is -0.385. The molecule has 1 saturated heterocycles. The molecule has 1 unspecified atom stereocenters. The standard InChI is InChI=1S/C14H7ClF3NO5.C12H14ClNO2.C3H8NO5P.C3H9S/c15-10-5-7(14(16,17)18)1-4-12(10)24-8-2-3-11(19(22)23)9(6-8)13(20)21;1-12(2)8-16-14(11(12)15)7-9-5-3-4-6-10(9)13;5-3(6)1-4-2-10(7,8)9;1-4(2)3/h1-6H,(H,20,21);3-6H,7-8H2,1-2H3;4H,1-2H2,(H,5,6)(H2,7,8,9);1-3H3/q;;;+1/p-1. The topological polar surface area (TPSA) is 229 Å². The first-order valence-corrected chi connectivity index (χ1v) is 19.9. The number of carboxylic acids is 2. The average Bonchev–Trinajstić information content (AvgIpc) is 3.28. The van der Waals surface area contributed by atoms with E-state index >= 15 is 0 Å². The zero-order valence-electron chi connectivity index (χ0n) is 29.3. The lowest BCUT2D eigenvalue weighted by Gasteiger charge is -2.16. The van der Waals surface area contributed by atoms with E-state index in [9.17, 15) is 47.1 Å². The quantitative estimate of drug-likeness (QED) is 0.0789. The van der Waals surface area contributed by atoms with Gasteiger partial charge in [0.15, 0.2) is 0 Å². The van der Waals surface area contributed by atoms with Crippen molar-refractivity contribution in [2.24, 2.45) is 5.41 Å². The van der Waals surface area contributed by atoms with E-state index in [0.717, 1.165) is 35.9 Å². The summed E-state index contributed by atoms with van der Waals surface area (Å²) in [5.74, 6) is -3.00. The molecular formula is C32H37Cl2F3N3O12PS. The second-order valence-electron chi connectivity index (χ2n) is 11.9. The minimum absolute atomic E-state index is 0.00687. The molecule has 1 fully saturated rings. The number of carbonyl (C=O) groups is 3. The molecular weight excluding hydrogens is 809 g/mol. The van der Waals surface area contributed by atoms with Crippen LogP contribution >= 0.6 is 30.8 Å². The van der Waals surface area contributed by atoms with Crippen LogP contribution in [0.1, 0.15) is 35.3 Å². The van der Waals surface area contributed by atoms with E-state index in [1.165, 1.54) is 5.06 Å². The Balaban J connectivity index is 0.000000417. The highest BCUT2D eigenvalue weighted by Crippen LogP contribution is 2.37. The third-order valence-electron chi connectivity index (χ3n) is 6.13. The lowest BCUT2D eigenvalue weighted by Crippen LogP contribution is -2.30. The first kappa shape index (κ1) is 48.1. The number of nitro groups is 1. The molecule has 3 aromatic rings. The number of alkyl halides is 3. The van der Waals surface area contributed by atoms with Crippen molar-refractivity contribution >= 4 is 65.2 Å². The van der Waals surface area contributed by atoms with Crippen molar-refractivity contribution in [1.82, 2.24) is 10.4 Å². The smallest absolute Gasteiger partial charge is 0.416 e. The molecule has 4 rings (SSSR count). The van der Waals surface area contributed by atoms with Gasteiger partial charge < -0.3 is 29.3 Å². The number of rotatable bonds is 10. The van der Waals surface area contributed by atoms with Crippen molar-refractivity contribution in [3.8, 4) is 11.5 Å². The fourth-order valence-corrected chi connectivity index (χ4v) is 4.51. The van der Waals surface area contributed by atoms with Gasteiger partial charge in [0.05, 0.1) is 65.7 Å². The predicted molar refractivity (Wildman–Crippen MR) is 194 cm³/mol. The van der Waals surface area contributed by atoms with Gasteiger partial charge in [-0.05, 0) is 60.6 Å². The fourth-order valence-electron chi connectivity index (χ4n) is 3.70. The van der Waals surface area contributed by atoms with E-state index in [1.807, 2.05) is 43.4 Å². The number of benzene rings is 3. The minimum Gasteiger partial charge on any atom is -0.778 e. The van der Waals surface area contributed by atoms with Crippen LogP contribution in [-0.2, 0) is 42.6 Å². The molecule has 298 valence electrons. The largest absolute Gasteiger partial charge is 0.778 e. The molecule has 1 aliphatic rings. The van der Waals surface area contributed by atoms with E-state index in [-0.39, 0.29) is 22.4 Å². The van der Waals surface area contributed by atoms with E-state index in [2.05, 4.69) is 18.8 Å². The normalized spacial score (nSPS) is 14.3. The molecule has 54 heavy (non-hydrogen) atoms. The lowest BCUT2D eigenvalue weighted by atomic mass is 9.95. The zero-order valence-corrected chi connectivity index (χ0v) is 32.5. The van der Waals surface area contributed by atoms with Gasteiger partial charge in [-0.1, -0.05) is 41.4 Å². The number of hydrogen-bond acceptors (Lipinski definition) is 10. The summed E-state index contributed by atoms with van der Waals surface area (Å²) in [7, 11) is -3.71. The number of nitro benzene ring substituents is 1. The van der Waals surface area contributed by atoms with Crippen molar-refractivity contribution in [2.45, 2.75) is 26.6 Å². The van der Waals surface area contributed by atoms with Crippen LogP contribution in [0, 0.1) is 15.5 Å². The summed E-state index contributed by atoms with van der Waals surface area (Å²) in [6.07, 6.45) is 1.30. The highest BCUT2D eigenvalue weighted by atomic mass is 35.5. The Morgan fingerprint density at radius 3 is 2.11 bits per heavy atom. The molecule has 1 heterocycles. The number of carbonyl (C=O) groups excluding carboxylic acids is 1. The fraction of sp³-hybridized carbons (Fsp3) is 0.344. The molecule has 3 aromatic carbocycles. The summed E-state index contributed by atoms with van der Waals surface area (Å²) in [5, 5.41) is 31.4. The van der Waals surface area contributed by atoms with Crippen LogP contribution in [0.3, 0.4) is 0 Å². The number of nitrogens with zero attached hydrogens (tertiary/aromatic N) is 2. The molecule has 0 spiro atoms. The maximum Gasteiger partial charge on any atom is 0.416 e. The Labute approximate surface area is 320 Å². The first-order valence-electron chi connectivity index (χ1n) is 14.9. The average molecular weight is 847 g/mol. The van der Waals surface area contributed by atoms with Gasteiger partial charge in [0.25, 0.3) is 11.6 Å². The molecule has 15 nitrogen and oxygen atoms in total. The van der Waals surface area contributed by atoms with Crippen LogP contribution < -0.4 is 14.9 Å². The van der Waals surface area contributed by atoms with Crippen molar-refractivity contribution in [3.05, 3.63) is 97.5 Å². The second kappa shape index (κ2) is 21.2. The maximum atomic E-state index is 12.6. The summed E-state index contributed by atoms with van der Waals surface area (Å²) in [4.78, 5) is 66.0. The first-order chi connectivity index (χ1) is 24.7. The Kier molecular flexibility index (Phi) is 18.9. The van der Waals surface area contributed by atoms with E-state index in [4.69, 9.17) is 47.9 Å². The number of aliphatic carboxylic acids is 1. The highest BCUT2D eigenvalue weighted by molar-refractivity contribution is 7.94. The predicted octanol–water partition coefficient (Wildman–Crippen LogP) is 6.06. The summed E-state index contributed by atoms with van der Waals surface area (Å²) >= 11 is 11.7. The molecule has 0 saturated carbocycles. The van der Waals surface area contributed by atoms with Gasteiger partial charge in [-0.15, -0.1) is 0 Å². The van der Waals surface area contributed by atoms with Crippen LogP contribution in [0.5, 0.6) is 11.5 Å². The van der Waals surface area contributed by atoms with Gasteiger partial charge in [0.2, 0.25) is 0 Å². The van der Waals surface area contributed by atoms with Crippen LogP contribution in [0.2, 0.25) is 10.0 Å². The Morgan fingerprint density at radius 2 is 1.67 bits per heavy atom. The minimum atomic E-state index is -4.58. The molecule has 0 bridgehead atoms. The monoisotopic (exact) mass is 845 g/mol. The van der Waals surface area contributed by atoms with Gasteiger partial charge in [-0.2, -0.15) is 13.2 Å². The van der Waals surface area contributed by atoms with Gasteiger partial charge in [-0.25, -0.2) is 9.86 Å². The molecule has 1 atom stereocenters. The van der Waals surface area contributed by atoms with Gasteiger partial charge in [-0.3, -0.25) is 29.9 Å². The van der Waals surface area contributed by atoms with Gasteiger partial charge in [0.1, 0.15) is 24.7 Å². The Bertz CT molecular complexity index is 1830.